The molecular formula is C12H16N5O8P. The van der Waals surface area contributed by atoms with E-state index in [2.05, 4.69) is 15.0 Å². The summed E-state index contributed by atoms with van der Waals surface area (Å²) in [6, 6.07) is 0. The maximum atomic E-state index is 11.4. The number of hydrogen-bond donors (Lipinski definition) is 4. The molecule has 2 aromatic rings. The molecular weight excluding hydrogens is 373 g/mol. The summed E-state index contributed by atoms with van der Waals surface area (Å²) in [7, 11) is -4.99. The van der Waals surface area contributed by atoms with E-state index < -0.39 is 44.9 Å². The SMILES string of the molecule is CC(=O)O[C@H]1[C@@H](OP(=O)(O)O)[C@H](n2cnc3c(N)ncnc32)O[C@@H]1CO. The first-order chi connectivity index (χ1) is 12.2. The molecule has 0 aromatic carbocycles. The third-order valence-corrected chi connectivity index (χ3v) is 4.21. The van der Waals surface area contributed by atoms with Crippen LogP contribution < -0.4 is 5.73 Å². The Balaban J connectivity index is 2.06. The van der Waals surface area contributed by atoms with Crippen LogP contribution in [0.25, 0.3) is 11.2 Å². The molecule has 3 rings (SSSR count). The molecule has 0 radical (unpaired) electrons. The van der Waals surface area contributed by atoms with Crippen molar-refractivity contribution in [3.05, 3.63) is 12.7 Å². The summed E-state index contributed by atoms with van der Waals surface area (Å²) in [5, 5.41) is 9.50. The van der Waals surface area contributed by atoms with Crippen LogP contribution in [0.3, 0.4) is 0 Å². The largest absolute Gasteiger partial charge is 0.470 e. The molecule has 1 saturated heterocycles. The lowest BCUT2D eigenvalue weighted by Crippen LogP contribution is -2.38. The number of fused-ring (bicyclic) bond motifs is 1. The predicted molar refractivity (Wildman–Crippen MR) is 83.2 cm³/mol. The number of hydrogen-bond acceptors (Lipinski definition) is 10. The second kappa shape index (κ2) is 6.87. The topological polar surface area (TPSA) is 192 Å². The minimum absolute atomic E-state index is 0.0921. The summed E-state index contributed by atoms with van der Waals surface area (Å²) >= 11 is 0. The molecule has 0 saturated carbocycles. The van der Waals surface area contributed by atoms with Crippen molar-refractivity contribution in [2.75, 3.05) is 12.3 Å². The second-order valence-corrected chi connectivity index (χ2v) is 6.66. The molecule has 5 N–H and O–H groups in total. The van der Waals surface area contributed by atoms with Crippen LogP contribution in [0.1, 0.15) is 13.2 Å². The van der Waals surface area contributed by atoms with E-state index in [1.165, 1.54) is 17.2 Å². The van der Waals surface area contributed by atoms with Crippen LogP contribution in [0.4, 0.5) is 5.82 Å². The molecule has 2 aromatic heterocycles. The van der Waals surface area contributed by atoms with Crippen LogP contribution in [0.2, 0.25) is 0 Å². The second-order valence-electron chi connectivity index (χ2n) is 5.47. The maximum Gasteiger partial charge on any atom is 0.470 e. The third kappa shape index (κ3) is 3.53. The van der Waals surface area contributed by atoms with Gasteiger partial charge in [-0.15, -0.1) is 0 Å². The number of phosphoric acid groups is 1. The molecule has 13 nitrogen and oxygen atoms in total. The summed E-state index contributed by atoms with van der Waals surface area (Å²) in [6.45, 7) is 0.524. The highest BCUT2D eigenvalue weighted by molar-refractivity contribution is 7.46. The Kier molecular flexibility index (Phi) is 4.92. The number of nitrogen functional groups attached to an aromatic ring is 1. The summed E-state index contributed by atoms with van der Waals surface area (Å²) < 4.78 is 28.1. The quantitative estimate of drug-likeness (QED) is 0.350. The van der Waals surface area contributed by atoms with Crippen LogP contribution >= 0.6 is 7.82 Å². The minimum atomic E-state index is -4.99. The standard InChI is InChI=1S/C12H16N5O8P/c1-5(19)23-8-6(2-18)24-12(9(8)25-26(20,21)22)17-4-16-7-10(13)14-3-15-11(7)17/h3-4,6,8-9,12,18H,2H2,1H3,(H2,13,14,15)(H2,20,21,22)/t6-,8-,9-,12-/m1/s1. The van der Waals surface area contributed by atoms with Crippen LogP contribution in [0.5, 0.6) is 0 Å². The Bertz CT molecular complexity index is 868. The van der Waals surface area contributed by atoms with Gasteiger partial charge in [-0.2, -0.15) is 0 Å². The van der Waals surface area contributed by atoms with Gasteiger partial charge in [0.05, 0.1) is 12.9 Å². The molecule has 26 heavy (non-hydrogen) atoms. The first-order valence-electron chi connectivity index (χ1n) is 7.31. The van der Waals surface area contributed by atoms with E-state index >= 15 is 0 Å². The summed E-state index contributed by atoms with van der Waals surface area (Å²) in [5.41, 5.74) is 6.17. The van der Waals surface area contributed by atoms with Crippen molar-refractivity contribution in [2.24, 2.45) is 0 Å². The number of carbonyl (C=O) groups excluding carboxylic acids is 1. The smallest absolute Gasteiger partial charge is 0.457 e. The van der Waals surface area contributed by atoms with Crippen molar-refractivity contribution in [3.8, 4) is 0 Å². The van der Waals surface area contributed by atoms with Crippen LogP contribution in [0, 0.1) is 0 Å². The molecule has 0 spiro atoms. The first kappa shape index (κ1) is 18.6. The molecule has 0 amide bonds. The number of esters is 1. The normalized spacial score (nSPS) is 26.3. The summed E-state index contributed by atoms with van der Waals surface area (Å²) in [5.74, 6) is -0.645. The average molecular weight is 389 g/mol. The number of ether oxygens (including phenoxy) is 2. The molecule has 0 aliphatic carbocycles. The molecule has 0 unspecified atom stereocenters. The van der Waals surface area contributed by atoms with Gasteiger partial charge in [-0.3, -0.25) is 13.9 Å². The van der Waals surface area contributed by atoms with Crippen molar-refractivity contribution >= 4 is 30.8 Å². The number of nitrogens with zero attached hydrogens (tertiary/aromatic N) is 4. The Morgan fingerprint density at radius 1 is 1.38 bits per heavy atom. The molecule has 3 heterocycles. The number of imidazole rings is 1. The van der Waals surface area contributed by atoms with Crippen LogP contribution in [0.15, 0.2) is 12.7 Å². The van der Waals surface area contributed by atoms with Crippen molar-refractivity contribution < 1.29 is 38.3 Å². The number of aliphatic hydroxyl groups is 1. The van der Waals surface area contributed by atoms with Gasteiger partial charge in [0, 0.05) is 6.92 Å². The zero-order valence-corrected chi connectivity index (χ0v) is 14.3. The van der Waals surface area contributed by atoms with E-state index in [9.17, 15) is 24.3 Å². The van der Waals surface area contributed by atoms with Gasteiger partial charge in [-0.25, -0.2) is 19.5 Å². The number of aromatic nitrogens is 4. The van der Waals surface area contributed by atoms with Gasteiger partial charge in [0.15, 0.2) is 29.9 Å². The van der Waals surface area contributed by atoms with E-state index in [-0.39, 0.29) is 17.0 Å². The van der Waals surface area contributed by atoms with Gasteiger partial charge in [0.25, 0.3) is 0 Å². The van der Waals surface area contributed by atoms with Crippen LogP contribution in [-0.4, -0.2) is 65.3 Å². The molecule has 0 bridgehead atoms. The molecule has 1 aliphatic rings. The highest BCUT2D eigenvalue weighted by Crippen LogP contribution is 2.45. The van der Waals surface area contributed by atoms with Crippen LogP contribution in [-0.2, 0) is 23.4 Å². The Morgan fingerprint density at radius 3 is 2.73 bits per heavy atom. The fourth-order valence-electron chi connectivity index (χ4n) is 2.74. The third-order valence-electron chi connectivity index (χ3n) is 3.69. The van der Waals surface area contributed by atoms with E-state index in [1.54, 1.807) is 0 Å². The number of aliphatic hydroxyl groups excluding tert-OH is 1. The average Bonchev–Trinajstić information content (AvgIpc) is 3.09. The lowest BCUT2D eigenvalue weighted by Gasteiger charge is -2.24. The van der Waals surface area contributed by atoms with E-state index in [0.29, 0.717) is 0 Å². The van der Waals surface area contributed by atoms with Gasteiger partial charge in [-0.05, 0) is 0 Å². The molecule has 1 fully saturated rings. The lowest BCUT2D eigenvalue weighted by molar-refractivity contribution is -0.153. The fraction of sp³-hybridized carbons (Fsp3) is 0.500. The fourth-order valence-corrected chi connectivity index (χ4v) is 3.28. The van der Waals surface area contributed by atoms with E-state index in [4.69, 9.17) is 19.7 Å². The molecule has 14 heteroatoms. The summed E-state index contributed by atoms with van der Waals surface area (Å²) in [6.07, 6.45) is -2.56. The lowest BCUT2D eigenvalue weighted by atomic mass is 10.1. The van der Waals surface area contributed by atoms with Gasteiger partial charge < -0.3 is 30.1 Å². The highest BCUT2D eigenvalue weighted by atomic mass is 31.2. The predicted octanol–water partition coefficient (Wildman–Crippen LogP) is -1.29. The minimum Gasteiger partial charge on any atom is -0.457 e. The van der Waals surface area contributed by atoms with E-state index in [0.717, 1.165) is 6.92 Å². The Hall–Kier alpha value is -2.15. The maximum absolute atomic E-state index is 11.4. The van der Waals surface area contributed by atoms with Crippen molar-refractivity contribution in [2.45, 2.75) is 31.5 Å². The zero-order chi connectivity index (χ0) is 19.1. The van der Waals surface area contributed by atoms with E-state index in [1.807, 2.05) is 0 Å². The Morgan fingerprint density at radius 2 is 2.12 bits per heavy atom. The monoisotopic (exact) mass is 389 g/mol. The van der Waals surface area contributed by atoms with Crippen molar-refractivity contribution in [3.63, 3.8) is 0 Å². The van der Waals surface area contributed by atoms with Crippen molar-refractivity contribution in [1.82, 2.24) is 19.5 Å². The van der Waals surface area contributed by atoms with Gasteiger partial charge in [0.1, 0.15) is 17.9 Å². The van der Waals surface area contributed by atoms with Crippen molar-refractivity contribution in [1.29, 1.82) is 0 Å². The summed E-state index contributed by atoms with van der Waals surface area (Å²) in [4.78, 5) is 41.7. The number of nitrogens with two attached hydrogens (primary N) is 1. The number of anilines is 1. The number of rotatable bonds is 5. The zero-order valence-electron chi connectivity index (χ0n) is 13.4. The highest BCUT2D eigenvalue weighted by Gasteiger charge is 2.51. The molecule has 1 aliphatic heterocycles. The van der Waals surface area contributed by atoms with Gasteiger partial charge in [0.2, 0.25) is 0 Å². The number of phosphoric ester groups is 1. The Labute approximate surface area is 146 Å². The molecule has 142 valence electrons. The van der Waals surface area contributed by atoms with Gasteiger partial charge >= 0.3 is 13.8 Å². The number of carbonyl (C=O) groups is 1. The molecule has 4 atom stereocenters. The first-order valence-corrected chi connectivity index (χ1v) is 8.85. The van der Waals surface area contributed by atoms with Gasteiger partial charge in [-0.1, -0.05) is 0 Å².